The van der Waals surface area contributed by atoms with E-state index in [0.717, 1.165) is 31.8 Å². The number of aromatic nitrogens is 3. The summed E-state index contributed by atoms with van der Waals surface area (Å²) in [5.74, 6) is 2.37. The second kappa shape index (κ2) is 7.63. The minimum absolute atomic E-state index is 0.417. The molecule has 2 rings (SSSR count). The zero-order valence-electron chi connectivity index (χ0n) is 12.5. The average molecular weight is 264 g/mol. The van der Waals surface area contributed by atoms with Gasteiger partial charge in [-0.15, -0.1) is 10.2 Å². The molecular weight excluding hydrogens is 236 g/mol. The number of rotatable bonds is 8. The molecule has 0 spiro atoms. The largest absolute Gasteiger partial charge is 0.312 e. The van der Waals surface area contributed by atoms with Gasteiger partial charge in [0.2, 0.25) is 0 Å². The van der Waals surface area contributed by atoms with Crippen LogP contribution in [0.3, 0.4) is 0 Å². The highest BCUT2D eigenvalue weighted by atomic mass is 15.3. The van der Waals surface area contributed by atoms with Crippen molar-refractivity contribution in [1.82, 2.24) is 20.1 Å². The Kier molecular flexibility index (Phi) is 5.83. The Hall–Kier alpha value is -0.900. The summed E-state index contributed by atoms with van der Waals surface area (Å²) in [6.07, 6.45) is 10.1. The molecule has 19 heavy (non-hydrogen) atoms. The molecule has 0 aromatic carbocycles. The Morgan fingerprint density at radius 2 is 1.95 bits per heavy atom. The molecule has 0 saturated carbocycles. The van der Waals surface area contributed by atoms with E-state index in [4.69, 9.17) is 0 Å². The van der Waals surface area contributed by atoms with Crippen molar-refractivity contribution in [3.05, 3.63) is 11.6 Å². The fourth-order valence-corrected chi connectivity index (χ4v) is 2.88. The second-order valence-corrected chi connectivity index (χ2v) is 5.59. The van der Waals surface area contributed by atoms with Crippen LogP contribution in [-0.2, 0) is 13.0 Å². The molecule has 1 atom stereocenters. The summed E-state index contributed by atoms with van der Waals surface area (Å²) in [4.78, 5) is 0. The number of fused-ring (bicyclic) bond motifs is 1. The number of hydrogen-bond acceptors (Lipinski definition) is 3. The van der Waals surface area contributed by atoms with Gasteiger partial charge in [-0.3, -0.25) is 0 Å². The van der Waals surface area contributed by atoms with Crippen molar-refractivity contribution >= 4 is 0 Å². The molecule has 0 aliphatic carbocycles. The average Bonchev–Trinajstić information content (AvgIpc) is 2.83. The van der Waals surface area contributed by atoms with Crippen LogP contribution in [0.15, 0.2) is 0 Å². The van der Waals surface area contributed by atoms with Crippen LogP contribution >= 0.6 is 0 Å². The van der Waals surface area contributed by atoms with Crippen LogP contribution in [0.25, 0.3) is 0 Å². The molecule has 1 aliphatic heterocycles. The van der Waals surface area contributed by atoms with Gasteiger partial charge >= 0.3 is 0 Å². The fourth-order valence-electron chi connectivity index (χ4n) is 2.88. The summed E-state index contributed by atoms with van der Waals surface area (Å²) in [6, 6.07) is 0.417. The maximum Gasteiger partial charge on any atom is 0.150 e. The number of nitrogens with one attached hydrogen (secondary N) is 1. The van der Waals surface area contributed by atoms with Crippen molar-refractivity contribution < 1.29 is 0 Å². The van der Waals surface area contributed by atoms with Gasteiger partial charge in [0, 0.05) is 19.5 Å². The maximum absolute atomic E-state index is 4.42. The lowest BCUT2D eigenvalue weighted by Crippen LogP contribution is -2.34. The summed E-state index contributed by atoms with van der Waals surface area (Å²) in [6.45, 7) is 6.58. The van der Waals surface area contributed by atoms with E-state index in [1.54, 1.807) is 0 Å². The highest BCUT2D eigenvalue weighted by Gasteiger charge is 2.23. The molecule has 0 radical (unpaired) electrons. The lowest BCUT2D eigenvalue weighted by Gasteiger charge is -2.24. The van der Waals surface area contributed by atoms with Gasteiger partial charge in [0.05, 0.1) is 6.04 Å². The van der Waals surface area contributed by atoms with Crippen LogP contribution in [0.2, 0.25) is 0 Å². The topological polar surface area (TPSA) is 42.7 Å². The van der Waals surface area contributed by atoms with Crippen molar-refractivity contribution in [3.63, 3.8) is 0 Å². The maximum atomic E-state index is 4.42. The Balaban J connectivity index is 1.89. The van der Waals surface area contributed by atoms with Crippen LogP contribution in [0.5, 0.6) is 0 Å². The van der Waals surface area contributed by atoms with Gasteiger partial charge in [-0.25, -0.2) is 0 Å². The third-order valence-corrected chi connectivity index (χ3v) is 3.98. The molecule has 4 heteroatoms. The van der Waals surface area contributed by atoms with E-state index in [2.05, 4.69) is 33.9 Å². The minimum Gasteiger partial charge on any atom is -0.312 e. The first kappa shape index (κ1) is 14.5. The van der Waals surface area contributed by atoms with E-state index in [9.17, 15) is 0 Å². The molecule has 0 bridgehead atoms. The summed E-state index contributed by atoms with van der Waals surface area (Å²) in [5.41, 5.74) is 0. The van der Waals surface area contributed by atoms with Gasteiger partial charge in [-0.1, -0.05) is 46.0 Å². The molecule has 108 valence electrons. The highest BCUT2D eigenvalue weighted by molar-refractivity contribution is 5.04. The molecule has 0 fully saturated rings. The SMILES string of the molecule is CCCCCCCc1nnc2n1CCNC2CCC. The third kappa shape index (κ3) is 3.78. The van der Waals surface area contributed by atoms with E-state index in [1.165, 1.54) is 44.3 Å². The number of nitrogens with zero attached hydrogens (tertiary/aromatic N) is 3. The molecule has 1 aromatic heterocycles. The third-order valence-electron chi connectivity index (χ3n) is 3.98. The number of aryl methyl sites for hydroxylation is 1. The minimum atomic E-state index is 0.417. The normalized spacial score (nSPS) is 18.5. The molecule has 0 amide bonds. The van der Waals surface area contributed by atoms with Crippen molar-refractivity contribution in [2.45, 2.75) is 77.8 Å². The molecular formula is C15H28N4. The predicted octanol–water partition coefficient (Wildman–Crippen LogP) is 3.24. The van der Waals surface area contributed by atoms with Gasteiger partial charge < -0.3 is 9.88 Å². The number of hydrogen-bond donors (Lipinski definition) is 1. The van der Waals surface area contributed by atoms with Crippen LogP contribution in [-0.4, -0.2) is 21.3 Å². The first-order valence-electron chi connectivity index (χ1n) is 8.02. The Bertz CT molecular complexity index is 372. The summed E-state index contributed by atoms with van der Waals surface area (Å²) >= 11 is 0. The summed E-state index contributed by atoms with van der Waals surface area (Å²) in [7, 11) is 0. The smallest absolute Gasteiger partial charge is 0.150 e. The van der Waals surface area contributed by atoms with Gasteiger partial charge in [0.1, 0.15) is 11.6 Å². The van der Waals surface area contributed by atoms with E-state index in [0.29, 0.717) is 6.04 Å². The summed E-state index contributed by atoms with van der Waals surface area (Å²) in [5, 5.41) is 12.4. The number of unbranched alkanes of at least 4 members (excludes halogenated alkanes) is 4. The molecule has 1 N–H and O–H groups in total. The first-order valence-corrected chi connectivity index (χ1v) is 8.02. The highest BCUT2D eigenvalue weighted by Crippen LogP contribution is 2.21. The van der Waals surface area contributed by atoms with E-state index in [-0.39, 0.29) is 0 Å². The molecule has 1 unspecified atom stereocenters. The van der Waals surface area contributed by atoms with E-state index < -0.39 is 0 Å². The van der Waals surface area contributed by atoms with E-state index >= 15 is 0 Å². The molecule has 4 nitrogen and oxygen atoms in total. The standard InChI is InChI=1S/C15H28N4/c1-3-5-6-7-8-10-14-17-18-15-13(9-4-2)16-11-12-19(14)15/h13,16H,3-12H2,1-2H3. The van der Waals surface area contributed by atoms with Crippen LogP contribution < -0.4 is 5.32 Å². The Morgan fingerprint density at radius 1 is 1.11 bits per heavy atom. The van der Waals surface area contributed by atoms with Crippen molar-refractivity contribution in [1.29, 1.82) is 0 Å². The van der Waals surface area contributed by atoms with Gasteiger partial charge in [0.25, 0.3) is 0 Å². The van der Waals surface area contributed by atoms with Crippen LogP contribution in [0.1, 0.15) is 76.5 Å². The molecule has 0 saturated heterocycles. The Labute approximate surface area is 117 Å². The van der Waals surface area contributed by atoms with Gasteiger partial charge in [0.15, 0.2) is 0 Å². The van der Waals surface area contributed by atoms with Gasteiger partial charge in [-0.2, -0.15) is 0 Å². The molecule has 1 aromatic rings. The van der Waals surface area contributed by atoms with Crippen LogP contribution in [0, 0.1) is 0 Å². The summed E-state index contributed by atoms with van der Waals surface area (Å²) < 4.78 is 2.36. The van der Waals surface area contributed by atoms with E-state index in [1.807, 2.05) is 0 Å². The zero-order valence-corrected chi connectivity index (χ0v) is 12.5. The van der Waals surface area contributed by atoms with Crippen LogP contribution in [0.4, 0.5) is 0 Å². The molecule has 1 aliphatic rings. The zero-order chi connectivity index (χ0) is 13.5. The molecule has 2 heterocycles. The Morgan fingerprint density at radius 3 is 2.74 bits per heavy atom. The lowest BCUT2D eigenvalue weighted by molar-refractivity contribution is 0.387. The fraction of sp³-hybridized carbons (Fsp3) is 0.867. The first-order chi connectivity index (χ1) is 9.36. The van der Waals surface area contributed by atoms with Gasteiger partial charge in [-0.05, 0) is 12.8 Å². The predicted molar refractivity (Wildman–Crippen MR) is 78.1 cm³/mol. The van der Waals surface area contributed by atoms with Crippen molar-refractivity contribution in [2.75, 3.05) is 6.54 Å². The lowest BCUT2D eigenvalue weighted by atomic mass is 10.1. The van der Waals surface area contributed by atoms with Crippen molar-refractivity contribution in [2.24, 2.45) is 0 Å². The second-order valence-electron chi connectivity index (χ2n) is 5.59. The monoisotopic (exact) mass is 264 g/mol. The quantitative estimate of drug-likeness (QED) is 0.733. The van der Waals surface area contributed by atoms with Crippen molar-refractivity contribution in [3.8, 4) is 0 Å².